The van der Waals surface area contributed by atoms with Crippen molar-refractivity contribution in [3.63, 3.8) is 0 Å². The highest BCUT2D eigenvalue weighted by Gasteiger charge is 2.26. The van der Waals surface area contributed by atoms with Crippen molar-refractivity contribution in [3.05, 3.63) is 0 Å². The normalized spacial score (nSPS) is 24.4. The van der Waals surface area contributed by atoms with E-state index in [0.717, 1.165) is 52.1 Å². The summed E-state index contributed by atoms with van der Waals surface area (Å²) in [5, 5.41) is 6.07. The highest BCUT2D eigenvalue weighted by molar-refractivity contribution is 5.73. The van der Waals surface area contributed by atoms with Gasteiger partial charge in [-0.25, -0.2) is 4.79 Å². The van der Waals surface area contributed by atoms with Crippen molar-refractivity contribution in [2.45, 2.75) is 18.9 Å². The van der Waals surface area contributed by atoms with Crippen LogP contribution in [0.5, 0.6) is 0 Å². The minimum absolute atomic E-state index is 0.0683. The third-order valence-corrected chi connectivity index (χ3v) is 3.63. The van der Waals surface area contributed by atoms with E-state index in [9.17, 15) is 4.79 Å². The van der Waals surface area contributed by atoms with Gasteiger partial charge in [-0.3, -0.25) is 4.90 Å². The fraction of sp³-hybridized carbons (Fsp3) is 0.909. The van der Waals surface area contributed by atoms with Crippen molar-refractivity contribution >= 4 is 6.03 Å². The van der Waals surface area contributed by atoms with E-state index in [1.165, 1.54) is 0 Å². The Bertz CT molecular complexity index is 232. The van der Waals surface area contributed by atoms with Crippen molar-refractivity contribution in [3.8, 4) is 0 Å². The molecule has 2 N–H and O–H groups in total. The van der Waals surface area contributed by atoms with Gasteiger partial charge in [-0.15, -0.1) is 0 Å². The van der Waals surface area contributed by atoms with E-state index in [2.05, 4.69) is 15.5 Å². The summed E-state index contributed by atoms with van der Waals surface area (Å²) >= 11 is 0. The molecule has 2 fully saturated rings. The van der Waals surface area contributed by atoms with Crippen LogP contribution < -0.4 is 10.6 Å². The Morgan fingerprint density at radius 1 is 1.19 bits per heavy atom. The molecule has 5 nitrogen and oxygen atoms in total. The Kier molecular flexibility index (Phi) is 4.01. The third kappa shape index (κ3) is 2.65. The highest BCUT2D eigenvalue weighted by atomic mass is 16.2. The standard InChI is InChI=1S/C11H22N4O/c1-12-11(16)15-6-2-10(3-7-15)14-8-4-13-5-9-14/h10,13H,2-9H2,1H3,(H,12,16). The van der Waals surface area contributed by atoms with Crippen LogP contribution in [-0.2, 0) is 0 Å². The molecule has 0 saturated carbocycles. The second-order valence-corrected chi connectivity index (χ2v) is 4.56. The first kappa shape index (κ1) is 11.7. The molecule has 0 unspecified atom stereocenters. The van der Waals surface area contributed by atoms with Crippen LogP contribution in [0.4, 0.5) is 4.79 Å². The summed E-state index contributed by atoms with van der Waals surface area (Å²) in [5.41, 5.74) is 0. The van der Waals surface area contributed by atoms with E-state index in [-0.39, 0.29) is 6.03 Å². The average molecular weight is 226 g/mol. The molecule has 2 aliphatic rings. The molecular weight excluding hydrogens is 204 g/mol. The molecule has 0 aliphatic carbocycles. The highest BCUT2D eigenvalue weighted by Crippen LogP contribution is 2.16. The Hall–Kier alpha value is -0.810. The molecule has 2 amide bonds. The number of carbonyl (C=O) groups excluding carboxylic acids is 1. The molecule has 2 saturated heterocycles. The molecular formula is C11H22N4O. The number of urea groups is 1. The summed E-state index contributed by atoms with van der Waals surface area (Å²) in [4.78, 5) is 15.9. The molecule has 0 atom stereocenters. The Morgan fingerprint density at radius 2 is 1.81 bits per heavy atom. The first-order valence-electron chi connectivity index (χ1n) is 6.22. The molecule has 2 aliphatic heterocycles. The summed E-state index contributed by atoms with van der Waals surface area (Å²) in [6, 6.07) is 0.752. The number of carbonyl (C=O) groups is 1. The van der Waals surface area contributed by atoms with Gasteiger partial charge in [0, 0.05) is 52.4 Å². The van der Waals surface area contributed by atoms with Gasteiger partial charge in [-0.05, 0) is 12.8 Å². The molecule has 2 heterocycles. The topological polar surface area (TPSA) is 47.6 Å². The maximum atomic E-state index is 11.4. The summed E-state index contributed by atoms with van der Waals surface area (Å²) < 4.78 is 0. The van der Waals surface area contributed by atoms with E-state index in [1.807, 2.05) is 4.90 Å². The van der Waals surface area contributed by atoms with E-state index in [0.29, 0.717) is 6.04 Å². The van der Waals surface area contributed by atoms with Crippen molar-refractivity contribution in [1.29, 1.82) is 0 Å². The van der Waals surface area contributed by atoms with Gasteiger partial charge in [-0.2, -0.15) is 0 Å². The van der Waals surface area contributed by atoms with Gasteiger partial charge in [0.15, 0.2) is 0 Å². The lowest BCUT2D eigenvalue weighted by molar-refractivity contribution is 0.107. The molecule has 0 spiro atoms. The molecule has 0 radical (unpaired) electrons. The van der Waals surface area contributed by atoms with E-state index in [1.54, 1.807) is 7.05 Å². The molecule has 92 valence electrons. The summed E-state index contributed by atoms with van der Waals surface area (Å²) in [6.45, 7) is 6.32. The second kappa shape index (κ2) is 5.50. The first-order valence-corrected chi connectivity index (χ1v) is 6.22. The fourth-order valence-electron chi connectivity index (χ4n) is 2.64. The van der Waals surface area contributed by atoms with E-state index < -0.39 is 0 Å². The molecule has 0 aromatic carbocycles. The molecule has 5 heteroatoms. The molecule has 2 rings (SSSR count). The van der Waals surface area contributed by atoms with Crippen LogP contribution in [0.1, 0.15) is 12.8 Å². The number of piperazine rings is 1. The lowest BCUT2D eigenvalue weighted by atomic mass is 10.0. The van der Waals surface area contributed by atoms with Crippen molar-refractivity contribution in [2.75, 3.05) is 46.3 Å². The zero-order chi connectivity index (χ0) is 11.4. The number of hydrogen-bond donors (Lipinski definition) is 2. The third-order valence-electron chi connectivity index (χ3n) is 3.63. The summed E-state index contributed by atoms with van der Waals surface area (Å²) in [7, 11) is 1.70. The van der Waals surface area contributed by atoms with Crippen molar-refractivity contribution < 1.29 is 4.79 Å². The van der Waals surface area contributed by atoms with Gasteiger partial charge in [0.1, 0.15) is 0 Å². The van der Waals surface area contributed by atoms with Crippen LogP contribution in [-0.4, -0.2) is 68.2 Å². The maximum Gasteiger partial charge on any atom is 0.317 e. The monoisotopic (exact) mass is 226 g/mol. The fourth-order valence-corrected chi connectivity index (χ4v) is 2.64. The predicted molar refractivity (Wildman–Crippen MR) is 63.5 cm³/mol. The van der Waals surface area contributed by atoms with Gasteiger partial charge in [0.05, 0.1) is 0 Å². The minimum Gasteiger partial charge on any atom is -0.341 e. The van der Waals surface area contributed by atoms with Crippen molar-refractivity contribution in [1.82, 2.24) is 20.4 Å². The number of hydrogen-bond acceptors (Lipinski definition) is 3. The first-order chi connectivity index (χ1) is 7.81. The number of likely N-dealkylation sites (tertiary alicyclic amines) is 1. The summed E-state index contributed by atoms with van der Waals surface area (Å²) in [5.74, 6) is 0. The van der Waals surface area contributed by atoms with Crippen molar-refractivity contribution in [2.24, 2.45) is 0 Å². The van der Waals surface area contributed by atoms with Gasteiger partial charge < -0.3 is 15.5 Å². The average Bonchev–Trinajstić information content (AvgIpc) is 2.39. The van der Waals surface area contributed by atoms with Crippen LogP contribution in [0.15, 0.2) is 0 Å². The molecule has 0 aromatic rings. The maximum absolute atomic E-state index is 11.4. The number of nitrogens with zero attached hydrogens (tertiary/aromatic N) is 2. The lowest BCUT2D eigenvalue weighted by Gasteiger charge is -2.40. The largest absolute Gasteiger partial charge is 0.341 e. The Labute approximate surface area is 97.2 Å². The second-order valence-electron chi connectivity index (χ2n) is 4.56. The molecule has 16 heavy (non-hydrogen) atoms. The number of amides is 2. The van der Waals surface area contributed by atoms with Gasteiger partial charge >= 0.3 is 6.03 Å². The van der Waals surface area contributed by atoms with Gasteiger partial charge in [-0.1, -0.05) is 0 Å². The van der Waals surface area contributed by atoms with Crippen LogP contribution in [0.2, 0.25) is 0 Å². The van der Waals surface area contributed by atoms with Gasteiger partial charge in [0.25, 0.3) is 0 Å². The van der Waals surface area contributed by atoms with E-state index in [4.69, 9.17) is 0 Å². The number of nitrogens with one attached hydrogen (secondary N) is 2. The summed E-state index contributed by atoms with van der Waals surface area (Å²) in [6.07, 6.45) is 2.24. The van der Waals surface area contributed by atoms with Crippen LogP contribution >= 0.6 is 0 Å². The van der Waals surface area contributed by atoms with E-state index >= 15 is 0 Å². The zero-order valence-corrected chi connectivity index (χ0v) is 10.0. The Balaban J connectivity index is 1.78. The Morgan fingerprint density at radius 3 is 2.38 bits per heavy atom. The predicted octanol–water partition coefficient (Wildman–Crippen LogP) is -0.305. The van der Waals surface area contributed by atoms with Crippen LogP contribution in [0.3, 0.4) is 0 Å². The molecule has 0 bridgehead atoms. The number of rotatable bonds is 1. The quantitative estimate of drug-likeness (QED) is 0.645. The zero-order valence-electron chi connectivity index (χ0n) is 10.0. The minimum atomic E-state index is 0.0683. The SMILES string of the molecule is CNC(=O)N1CCC(N2CCNCC2)CC1. The molecule has 0 aromatic heterocycles. The van der Waals surface area contributed by atoms with Gasteiger partial charge in [0.2, 0.25) is 0 Å². The van der Waals surface area contributed by atoms with Crippen LogP contribution in [0.25, 0.3) is 0 Å². The number of piperidine rings is 1. The lowest BCUT2D eigenvalue weighted by Crippen LogP contribution is -2.53. The van der Waals surface area contributed by atoms with Crippen LogP contribution in [0, 0.1) is 0 Å². The smallest absolute Gasteiger partial charge is 0.317 e.